The number of hydrogen-bond donors (Lipinski definition) is 1. The van der Waals surface area contributed by atoms with Crippen molar-refractivity contribution >= 4 is 21.9 Å². The van der Waals surface area contributed by atoms with Crippen molar-refractivity contribution in [3.8, 4) is 0 Å². The van der Waals surface area contributed by atoms with E-state index in [2.05, 4.69) is 22.5 Å². The topological polar surface area (TPSA) is 37.3 Å². The average molecular weight is 269 g/mol. The van der Waals surface area contributed by atoms with Crippen molar-refractivity contribution in [1.29, 1.82) is 0 Å². The molecule has 0 spiro atoms. The molecule has 0 amide bonds. The molecule has 1 rings (SSSR count). The highest BCUT2D eigenvalue weighted by molar-refractivity contribution is 9.10. The number of aliphatic carboxylic acids is 1. The van der Waals surface area contributed by atoms with E-state index < -0.39 is 11.9 Å². The van der Waals surface area contributed by atoms with Crippen LogP contribution in [0.2, 0.25) is 0 Å². The van der Waals surface area contributed by atoms with Crippen LogP contribution in [0.15, 0.2) is 41.4 Å². The Labute approximate surface area is 97.8 Å². The molecule has 2 nitrogen and oxygen atoms in total. The predicted octanol–water partition coefficient (Wildman–Crippen LogP) is 3.58. The van der Waals surface area contributed by atoms with Crippen LogP contribution in [0, 0.1) is 0 Å². The van der Waals surface area contributed by atoms with E-state index in [4.69, 9.17) is 5.11 Å². The minimum Gasteiger partial charge on any atom is -0.481 e. The van der Waals surface area contributed by atoms with Gasteiger partial charge in [0.15, 0.2) is 0 Å². The first kappa shape index (κ1) is 12.0. The van der Waals surface area contributed by atoms with E-state index in [0.29, 0.717) is 12.8 Å². The molecule has 0 heterocycles. The zero-order chi connectivity index (χ0) is 11.3. The molecule has 0 saturated heterocycles. The Balaban J connectivity index is 2.88. The van der Waals surface area contributed by atoms with Gasteiger partial charge >= 0.3 is 5.97 Å². The standard InChI is InChI=1S/C12H13BrO2/c1-2-3-7-11(12(14)15)9-5-4-6-10(13)8-9/h2,4-6,8,11H,1,3,7H2,(H,14,15). The zero-order valence-corrected chi connectivity index (χ0v) is 9.90. The maximum absolute atomic E-state index is 11.1. The molecule has 0 aliphatic rings. The summed E-state index contributed by atoms with van der Waals surface area (Å²) < 4.78 is 0.907. The normalized spacial score (nSPS) is 12.1. The fourth-order valence-electron chi connectivity index (χ4n) is 1.44. The van der Waals surface area contributed by atoms with E-state index in [-0.39, 0.29) is 0 Å². The molecule has 3 heteroatoms. The van der Waals surface area contributed by atoms with E-state index in [1.54, 1.807) is 6.08 Å². The van der Waals surface area contributed by atoms with Crippen LogP contribution in [-0.2, 0) is 4.79 Å². The van der Waals surface area contributed by atoms with Gasteiger partial charge in [0.2, 0.25) is 0 Å². The van der Waals surface area contributed by atoms with Crippen LogP contribution in [-0.4, -0.2) is 11.1 Å². The monoisotopic (exact) mass is 268 g/mol. The second-order valence-corrected chi connectivity index (χ2v) is 4.23. The summed E-state index contributed by atoms with van der Waals surface area (Å²) in [5.74, 6) is -1.23. The van der Waals surface area contributed by atoms with Crippen molar-refractivity contribution in [2.24, 2.45) is 0 Å². The van der Waals surface area contributed by atoms with Crippen LogP contribution in [0.3, 0.4) is 0 Å². The van der Waals surface area contributed by atoms with Gasteiger partial charge in [-0.3, -0.25) is 4.79 Å². The molecular formula is C12H13BrO2. The summed E-state index contributed by atoms with van der Waals surface area (Å²) in [4.78, 5) is 11.1. The van der Waals surface area contributed by atoms with Crippen molar-refractivity contribution in [3.05, 3.63) is 47.0 Å². The first-order valence-electron chi connectivity index (χ1n) is 4.74. The first-order valence-corrected chi connectivity index (χ1v) is 5.53. The Morgan fingerprint density at radius 2 is 2.33 bits per heavy atom. The summed E-state index contributed by atoms with van der Waals surface area (Å²) in [5, 5.41) is 9.09. The van der Waals surface area contributed by atoms with Crippen LogP contribution >= 0.6 is 15.9 Å². The average Bonchev–Trinajstić information content (AvgIpc) is 2.18. The first-order chi connectivity index (χ1) is 7.15. The van der Waals surface area contributed by atoms with Crippen LogP contribution in [0.4, 0.5) is 0 Å². The third-order valence-electron chi connectivity index (χ3n) is 2.21. The van der Waals surface area contributed by atoms with Gasteiger partial charge in [-0.25, -0.2) is 0 Å². The number of allylic oxidation sites excluding steroid dienone is 1. The fraction of sp³-hybridized carbons (Fsp3) is 0.250. The Hall–Kier alpha value is -1.09. The summed E-state index contributed by atoms with van der Waals surface area (Å²) in [6, 6.07) is 7.42. The molecule has 1 aromatic carbocycles. The Bertz CT molecular complexity index is 360. The van der Waals surface area contributed by atoms with Crippen molar-refractivity contribution in [2.45, 2.75) is 18.8 Å². The van der Waals surface area contributed by atoms with Gasteiger partial charge in [-0.2, -0.15) is 0 Å². The summed E-state index contributed by atoms with van der Waals surface area (Å²) in [7, 11) is 0. The van der Waals surface area contributed by atoms with Crippen molar-refractivity contribution in [3.63, 3.8) is 0 Å². The Kier molecular flexibility index (Phi) is 4.56. The number of carboxylic acid groups (broad SMARTS) is 1. The summed E-state index contributed by atoms with van der Waals surface area (Å²) in [6.45, 7) is 3.60. The second-order valence-electron chi connectivity index (χ2n) is 3.31. The maximum Gasteiger partial charge on any atom is 0.310 e. The van der Waals surface area contributed by atoms with Crippen molar-refractivity contribution in [1.82, 2.24) is 0 Å². The lowest BCUT2D eigenvalue weighted by Crippen LogP contribution is -2.11. The summed E-state index contributed by atoms with van der Waals surface area (Å²) >= 11 is 3.33. The van der Waals surface area contributed by atoms with Gasteiger partial charge in [0.25, 0.3) is 0 Å². The molecule has 1 N–H and O–H groups in total. The van der Waals surface area contributed by atoms with Gasteiger partial charge in [-0.1, -0.05) is 34.1 Å². The zero-order valence-electron chi connectivity index (χ0n) is 8.32. The molecule has 0 radical (unpaired) electrons. The van der Waals surface area contributed by atoms with E-state index in [9.17, 15) is 4.79 Å². The Morgan fingerprint density at radius 3 is 2.87 bits per heavy atom. The van der Waals surface area contributed by atoms with Crippen LogP contribution in [0.1, 0.15) is 24.3 Å². The van der Waals surface area contributed by atoms with E-state index >= 15 is 0 Å². The van der Waals surface area contributed by atoms with Crippen molar-refractivity contribution in [2.75, 3.05) is 0 Å². The molecule has 0 aromatic heterocycles. The lowest BCUT2D eigenvalue weighted by molar-refractivity contribution is -0.138. The van der Waals surface area contributed by atoms with Gasteiger partial charge in [-0.15, -0.1) is 6.58 Å². The number of carboxylic acids is 1. The maximum atomic E-state index is 11.1. The predicted molar refractivity (Wildman–Crippen MR) is 63.9 cm³/mol. The molecule has 80 valence electrons. The lowest BCUT2D eigenvalue weighted by Gasteiger charge is -2.11. The summed E-state index contributed by atoms with van der Waals surface area (Å²) in [6.07, 6.45) is 3.05. The molecule has 0 bridgehead atoms. The van der Waals surface area contributed by atoms with Crippen LogP contribution in [0.25, 0.3) is 0 Å². The summed E-state index contributed by atoms with van der Waals surface area (Å²) in [5.41, 5.74) is 0.832. The Morgan fingerprint density at radius 1 is 1.60 bits per heavy atom. The SMILES string of the molecule is C=CCCC(C(=O)O)c1cccc(Br)c1. The van der Waals surface area contributed by atoms with Gasteiger partial charge in [0.05, 0.1) is 5.92 Å². The molecule has 1 aromatic rings. The highest BCUT2D eigenvalue weighted by Crippen LogP contribution is 2.24. The molecular weight excluding hydrogens is 256 g/mol. The molecule has 15 heavy (non-hydrogen) atoms. The van der Waals surface area contributed by atoms with Crippen LogP contribution in [0.5, 0.6) is 0 Å². The number of hydrogen-bond acceptors (Lipinski definition) is 1. The van der Waals surface area contributed by atoms with Gasteiger partial charge < -0.3 is 5.11 Å². The number of benzene rings is 1. The third-order valence-corrected chi connectivity index (χ3v) is 2.70. The number of carbonyl (C=O) groups is 1. The largest absolute Gasteiger partial charge is 0.481 e. The van der Waals surface area contributed by atoms with E-state index in [0.717, 1.165) is 10.0 Å². The van der Waals surface area contributed by atoms with Gasteiger partial charge in [0, 0.05) is 4.47 Å². The highest BCUT2D eigenvalue weighted by atomic mass is 79.9. The highest BCUT2D eigenvalue weighted by Gasteiger charge is 2.18. The smallest absolute Gasteiger partial charge is 0.310 e. The van der Waals surface area contributed by atoms with E-state index in [1.165, 1.54) is 0 Å². The molecule has 0 aliphatic heterocycles. The fourth-order valence-corrected chi connectivity index (χ4v) is 1.86. The molecule has 0 fully saturated rings. The third kappa shape index (κ3) is 3.51. The number of rotatable bonds is 5. The van der Waals surface area contributed by atoms with Crippen LogP contribution < -0.4 is 0 Å². The van der Waals surface area contributed by atoms with Gasteiger partial charge in [-0.05, 0) is 30.5 Å². The van der Waals surface area contributed by atoms with E-state index in [1.807, 2.05) is 24.3 Å². The van der Waals surface area contributed by atoms with Crippen molar-refractivity contribution < 1.29 is 9.90 Å². The minimum absolute atomic E-state index is 0.444. The molecule has 0 aliphatic carbocycles. The quantitative estimate of drug-likeness (QED) is 0.829. The second kappa shape index (κ2) is 5.71. The lowest BCUT2D eigenvalue weighted by atomic mass is 9.94. The molecule has 0 saturated carbocycles. The van der Waals surface area contributed by atoms with Gasteiger partial charge in [0.1, 0.15) is 0 Å². The number of halogens is 1. The molecule has 1 atom stereocenters. The minimum atomic E-state index is -0.782. The molecule has 1 unspecified atom stereocenters.